The van der Waals surface area contributed by atoms with E-state index in [1.165, 1.54) is 0 Å². The quantitative estimate of drug-likeness (QED) is 0.687. The molecule has 1 aromatic heterocycles. The molecule has 4 nitrogen and oxygen atoms in total. The van der Waals surface area contributed by atoms with E-state index >= 15 is 0 Å². The Morgan fingerprint density at radius 3 is 2.40 bits per heavy atom. The number of aromatic nitrogens is 2. The molecule has 0 saturated heterocycles. The Kier molecular flexibility index (Phi) is 3.43. The maximum absolute atomic E-state index is 12.2. The number of nitrogens with zero attached hydrogens (tertiary/aromatic N) is 2. The third-order valence-corrected chi connectivity index (χ3v) is 3.45. The molecule has 0 aliphatic carbocycles. The van der Waals surface area contributed by atoms with Crippen LogP contribution in [-0.2, 0) is 0 Å². The Morgan fingerprint density at radius 1 is 0.950 bits per heavy atom. The van der Waals surface area contributed by atoms with Gasteiger partial charge in [-0.15, -0.1) is 10.2 Å². The van der Waals surface area contributed by atoms with Gasteiger partial charge in [-0.05, 0) is 28.1 Å². The van der Waals surface area contributed by atoms with Crippen molar-refractivity contribution in [2.45, 2.75) is 0 Å². The molecule has 0 radical (unpaired) electrons. The first-order chi connectivity index (χ1) is 9.75. The van der Waals surface area contributed by atoms with Crippen molar-refractivity contribution in [2.24, 2.45) is 0 Å². The second-order valence-electron chi connectivity index (χ2n) is 4.09. The highest BCUT2D eigenvalue weighted by molar-refractivity contribution is 9.10. The summed E-state index contributed by atoms with van der Waals surface area (Å²) in [6, 6.07) is 16.3. The molecule has 3 rings (SSSR count). The van der Waals surface area contributed by atoms with Crippen molar-refractivity contribution in [3.8, 4) is 11.5 Å². The average Bonchev–Trinajstić information content (AvgIpc) is 2.97. The lowest BCUT2D eigenvalue weighted by atomic mass is 10.1. The normalized spacial score (nSPS) is 10.4. The van der Waals surface area contributed by atoms with Crippen LogP contribution in [0.4, 0.5) is 0 Å². The van der Waals surface area contributed by atoms with Crippen LogP contribution in [0.15, 0.2) is 63.5 Å². The molecular weight excluding hydrogens is 320 g/mol. The first kappa shape index (κ1) is 12.7. The van der Waals surface area contributed by atoms with E-state index in [9.17, 15) is 4.79 Å². The van der Waals surface area contributed by atoms with Crippen molar-refractivity contribution in [1.82, 2.24) is 10.2 Å². The highest BCUT2D eigenvalue weighted by atomic mass is 79.9. The number of carbonyl (C=O) groups excluding carboxylic acids is 1. The fourth-order valence-electron chi connectivity index (χ4n) is 1.77. The van der Waals surface area contributed by atoms with E-state index in [4.69, 9.17) is 4.42 Å². The molecule has 0 saturated carbocycles. The van der Waals surface area contributed by atoms with Crippen LogP contribution in [0, 0.1) is 0 Å². The van der Waals surface area contributed by atoms with Crippen molar-refractivity contribution in [1.29, 1.82) is 0 Å². The summed E-state index contributed by atoms with van der Waals surface area (Å²) in [6.45, 7) is 0. The van der Waals surface area contributed by atoms with Crippen LogP contribution >= 0.6 is 15.9 Å². The predicted molar refractivity (Wildman–Crippen MR) is 77.3 cm³/mol. The fourth-order valence-corrected chi connectivity index (χ4v) is 2.23. The fraction of sp³-hybridized carbons (Fsp3) is 0. The number of benzene rings is 2. The van der Waals surface area contributed by atoms with Crippen molar-refractivity contribution >= 4 is 21.7 Å². The minimum absolute atomic E-state index is 0.0121. The third-order valence-electron chi connectivity index (χ3n) is 2.76. The van der Waals surface area contributed by atoms with Crippen LogP contribution in [0.5, 0.6) is 0 Å². The van der Waals surface area contributed by atoms with E-state index in [0.717, 1.165) is 10.0 Å². The monoisotopic (exact) mass is 328 g/mol. The van der Waals surface area contributed by atoms with Crippen LogP contribution in [0.25, 0.3) is 11.5 Å². The lowest BCUT2D eigenvalue weighted by Crippen LogP contribution is -2.00. The van der Waals surface area contributed by atoms with Crippen molar-refractivity contribution in [3.05, 3.63) is 70.5 Å². The first-order valence-electron chi connectivity index (χ1n) is 5.94. The summed E-state index contributed by atoms with van der Waals surface area (Å²) in [5, 5.41) is 7.75. The third kappa shape index (κ3) is 2.40. The Morgan fingerprint density at radius 2 is 1.65 bits per heavy atom. The summed E-state index contributed by atoms with van der Waals surface area (Å²) in [7, 11) is 0. The predicted octanol–water partition coefficient (Wildman–Crippen LogP) is 3.73. The number of hydrogen-bond acceptors (Lipinski definition) is 4. The Bertz CT molecular complexity index is 753. The van der Waals surface area contributed by atoms with Crippen molar-refractivity contribution in [2.75, 3.05) is 0 Å². The zero-order valence-electron chi connectivity index (χ0n) is 10.3. The minimum atomic E-state index is -0.281. The molecule has 1 heterocycles. The van der Waals surface area contributed by atoms with Crippen LogP contribution < -0.4 is 0 Å². The molecule has 0 bridgehead atoms. The zero-order valence-corrected chi connectivity index (χ0v) is 11.9. The van der Waals surface area contributed by atoms with Gasteiger partial charge in [0.1, 0.15) is 0 Å². The van der Waals surface area contributed by atoms with E-state index in [-0.39, 0.29) is 11.7 Å². The maximum atomic E-state index is 12.2. The summed E-state index contributed by atoms with van der Waals surface area (Å²) < 4.78 is 6.30. The van der Waals surface area contributed by atoms with Gasteiger partial charge in [-0.3, -0.25) is 4.79 Å². The van der Waals surface area contributed by atoms with Gasteiger partial charge in [0.15, 0.2) is 0 Å². The van der Waals surface area contributed by atoms with Crippen molar-refractivity contribution in [3.63, 3.8) is 0 Å². The van der Waals surface area contributed by atoms with Gasteiger partial charge < -0.3 is 4.42 Å². The van der Waals surface area contributed by atoms with E-state index < -0.39 is 0 Å². The Labute approximate surface area is 123 Å². The molecule has 0 aliphatic rings. The van der Waals surface area contributed by atoms with Crippen molar-refractivity contribution < 1.29 is 9.21 Å². The largest absolute Gasteiger partial charge is 0.413 e. The molecule has 20 heavy (non-hydrogen) atoms. The summed E-state index contributed by atoms with van der Waals surface area (Å²) in [5.74, 6) is 0.0233. The van der Waals surface area contributed by atoms with Gasteiger partial charge in [0.25, 0.3) is 5.89 Å². The summed E-state index contributed by atoms with van der Waals surface area (Å²) in [6.07, 6.45) is 0. The lowest BCUT2D eigenvalue weighted by Gasteiger charge is -1.97. The Hall–Kier alpha value is -2.27. The molecule has 0 N–H and O–H groups in total. The van der Waals surface area contributed by atoms with Gasteiger partial charge >= 0.3 is 0 Å². The molecule has 0 aliphatic heterocycles. The van der Waals surface area contributed by atoms with Crippen LogP contribution in [-0.4, -0.2) is 16.0 Å². The average molecular weight is 329 g/mol. The van der Waals surface area contributed by atoms with Crippen LogP contribution in [0.3, 0.4) is 0 Å². The first-order valence-corrected chi connectivity index (χ1v) is 6.73. The highest BCUT2D eigenvalue weighted by Gasteiger charge is 2.18. The summed E-state index contributed by atoms with van der Waals surface area (Å²) in [5.41, 5.74) is 1.28. The molecule has 2 aromatic carbocycles. The molecule has 0 fully saturated rings. The van der Waals surface area contributed by atoms with E-state index in [1.54, 1.807) is 24.3 Å². The molecule has 0 atom stereocenters. The van der Waals surface area contributed by atoms with Gasteiger partial charge in [-0.1, -0.05) is 42.5 Å². The standard InChI is InChI=1S/C15H9BrN2O2/c16-12-9-5-4-8-11(12)14-17-18-15(20-14)13(19)10-6-2-1-3-7-10/h1-9H. The highest BCUT2D eigenvalue weighted by Crippen LogP contribution is 2.27. The molecule has 3 aromatic rings. The molecule has 0 unspecified atom stereocenters. The van der Waals surface area contributed by atoms with Gasteiger partial charge in [0.05, 0.1) is 5.56 Å². The Balaban J connectivity index is 1.95. The zero-order chi connectivity index (χ0) is 13.9. The van der Waals surface area contributed by atoms with Gasteiger partial charge in [-0.2, -0.15) is 0 Å². The number of hydrogen-bond donors (Lipinski definition) is 0. The lowest BCUT2D eigenvalue weighted by molar-refractivity contribution is 0.100. The van der Waals surface area contributed by atoms with Crippen LogP contribution in [0.1, 0.15) is 16.2 Å². The van der Waals surface area contributed by atoms with Gasteiger partial charge in [0.2, 0.25) is 11.7 Å². The van der Waals surface area contributed by atoms with E-state index in [1.807, 2.05) is 30.3 Å². The summed E-state index contributed by atoms with van der Waals surface area (Å²) >= 11 is 3.41. The molecular formula is C15H9BrN2O2. The molecule has 5 heteroatoms. The SMILES string of the molecule is O=C(c1ccccc1)c1nnc(-c2ccccc2Br)o1. The molecule has 98 valence electrons. The second kappa shape index (κ2) is 5.38. The topological polar surface area (TPSA) is 56.0 Å². The van der Waals surface area contributed by atoms with E-state index in [0.29, 0.717) is 11.5 Å². The smallest absolute Gasteiger partial charge is 0.289 e. The number of ketones is 1. The number of halogens is 1. The van der Waals surface area contributed by atoms with E-state index in [2.05, 4.69) is 26.1 Å². The van der Waals surface area contributed by atoms with Crippen LogP contribution in [0.2, 0.25) is 0 Å². The number of rotatable bonds is 3. The maximum Gasteiger partial charge on any atom is 0.289 e. The van der Waals surface area contributed by atoms with Gasteiger partial charge in [0, 0.05) is 10.0 Å². The number of carbonyl (C=O) groups is 1. The summed E-state index contributed by atoms with van der Waals surface area (Å²) in [4.78, 5) is 12.2. The molecule has 0 amide bonds. The molecule has 0 spiro atoms. The second-order valence-corrected chi connectivity index (χ2v) is 4.94. The minimum Gasteiger partial charge on any atom is -0.413 e. The van der Waals surface area contributed by atoms with Gasteiger partial charge in [-0.25, -0.2) is 0 Å².